The number of nitrogens with one attached hydrogen (secondary N) is 4. The number of urea groups is 2. The molecule has 1 saturated carbocycles. The van der Waals surface area contributed by atoms with Gasteiger partial charge < -0.3 is 30.7 Å². The molecule has 1 aliphatic carbocycles. The molecule has 0 bridgehead atoms. The van der Waals surface area contributed by atoms with Crippen molar-refractivity contribution in [2.24, 2.45) is 11.8 Å². The van der Waals surface area contributed by atoms with Crippen LogP contribution in [0.2, 0.25) is 0 Å². The third-order valence-electron chi connectivity index (χ3n) is 5.65. The second kappa shape index (κ2) is 11.8. The Bertz CT molecular complexity index is 834. The van der Waals surface area contributed by atoms with Gasteiger partial charge in [-0.25, -0.2) is 9.59 Å². The molecule has 4 N–H and O–H groups in total. The molecule has 32 heavy (non-hydrogen) atoms. The monoisotopic (exact) mass is 440 g/mol. The summed E-state index contributed by atoms with van der Waals surface area (Å²) in [6.45, 7) is 1.23. The largest absolute Gasteiger partial charge is 0.497 e. The summed E-state index contributed by atoms with van der Waals surface area (Å²) in [5, 5.41) is 11.6. The third kappa shape index (κ3) is 7.37. The number of hydrogen-bond acceptors (Lipinski definition) is 4. The highest BCUT2D eigenvalue weighted by Crippen LogP contribution is 2.28. The second-order valence-electron chi connectivity index (χ2n) is 8.03. The molecule has 8 nitrogen and oxygen atoms in total. The SMILES string of the molecule is COc1cccc(NC(=O)NC[C@H]2CCC[C@@H](CNC(=O)Nc3cccc(OC)c3)C2)c1. The number of hydrogen-bond donors (Lipinski definition) is 4. The first-order valence-corrected chi connectivity index (χ1v) is 10.9. The molecule has 0 saturated heterocycles. The van der Waals surface area contributed by atoms with E-state index in [1.807, 2.05) is 36.4 Å². The summed E-state index contributed by atoms with van der Waals surface area (Å²) in [6, 6.07) is 14.1. The predicted octanol–water partition coefficient (Wildman–Crippen LogP) is 4.45. The van der Waals surface area contributed by atoms with Crippen molar-refractivity contribution >= 4 is 23.4 Å². The number of carbonyl (C=O) groups excluding carboxylic acids is 2. The molecule has 2 atom stereocenters. The number of rotatable bonds is 8. The van der Waals surface area contributed by atoms with Crippen molar-refractivity contribution in [2.75, 3.05) is 37.9 Å². The van der Waals surface area contributed by atoms with Gasteiger partial charge in [0.2, 0.25) is 0 Å². The number of anilines is 2. The van der Waals surface area contributed by atoms with Gasteiger partial charge in [-0.05, 0) is 55.4 Å². The Kier molecular flexibility index (Phi) is 8.60. The van der Waals surface area contributed by atoms with Crippen molar-refractivity contribution in [1.29, 1.82) is 0 Å². The maximum Gasteiger partial charge on any atom is 0.319 e. The van der Waals surface area contributed by atoms with Crippen LogP contribution in [0.15, 0.2) is 48.5 Å². The van der Waals surface area contributed by atoms with Crippen molar-refractivity contribution in [3.05, 3.63) is 48.5 Å². The fourth-order valence-corrected chi connectivity index (χ4v) is 4.00. The molecular weight excluding hydrogens is 408 g/mol. The molecule has 2 aromatic rings. The zero-order valence-corrected chi connectivity index (χ0v) is 18.6. The quantitative estimate of drug-likeness (QED) is 0.487. The van der Waals surface area contributed by atoms with E-state index in [1.165, 1.54) is 0 Å². The normalized spacial score (nSPS) is 17.7. The number of carbonyl (C=O) groups is 2. The second-order valence-corrected chi connectivity index (χ2v) is 8.03. The van der Waals surface area contributed by atoms with Crippen LogP contribution in [0, 0.1) is 11.8 Å². The molecule has 0 radical (unpaired) electrons. The minimum atomic E-state index is -0.226. The topological polar surface area (TPSA) is 101 Å². The summed E-state index contributed by atoms with van der Waals surface area (Å²) in [5.74, 6) is 2.18. The first-order chi connectivity index (χ1) is 15.6. The van der Waals surface area contributed by atoms with Crippen LogP contribution in [0.1, 0.15) is 25.7 Å². The lowest BCUT2D eigenvalue weighted by Gasteiger charge is -2.29. The molecule has 0 heterocycles. The molecular formula is C24H32N4O4. The highest BCUT2D eigenvalue weighted by molar-refractivity contribution is 5.90. The summed E-state index contributed by atoms with van der Waals surface area (Å²) < 4.78 is 10.4. The van der Waals surface area contributed by atoms with E-state index in [9.17, 15) is 9.59 Å². The van der Waals surface area contributed by atoms with E-state index in [4.69, 9.17) is 9.47 Å². The highest BCUT2D eigenvalue weighted by atomic mass is 16.5. The Morgan fingerprint density at radius 2 is 1.28 bits per heavy atom. The Labute approximate surface area is 189 Å². The molecule has 0 unspecified atom stereocenters. The molecule has 0 aliphatic heterocycles. The van der Waals surface area contributed by atoms with E-state index < -0.39 is 0 Å². The van der Waals surface area contributed by atoms with Crippen LogP contribution in [0.3, 0.4) is 0 Å². The van der Waals surface area contributed by atoms with Crippen molar-refractivity contribution < 1.29 is 19.1 Å². The minimum absolute atomic E-state index is 0.226. The molecule has 2 aromatic carbocycles. The first-order valence-electron chi connectivity index (χ1n) is 10.9. The van der Waals surface area contributed by atoms with Gasteiger partial charge in [0.15, 0.2) is 0 Å². The maximum atomic E-state index is 12.2. The molecule has 1 fully saturated rings. The van der Waals surface area contributed by atoms with Gasteiger partial charge in [-0.3, -0.25) is 0 Å². The van der Waals surface area contributed by atoms with Gasteiger partial charge in [0.25, 0.3) is 0 Å². The van der Waals surface area contributed by atoms with E-state index in [-0.39, 0.29) is 12.1 Å². The van der Waals surface area contributed by atoms with Crippen LogP contribution in [0.5, 0.6) is 11.5 Å². The van der Waals surface area contributed by atoms with E-state index in [1.54, 1.807) is 26.4 Å². The molecule has 1 aliphatic rings. The molecule has 3 rings (SSSR count). The molecule has 8 heteroatoms. The molecule has 4 amide bonds. The van der Waals surface area contributed by atoms with Crippen LogP contribution < -0.4 is 30.7 Å². The number of benzene rings is 2. The fourth-order valence-electron chi connectivity index (χ4n) is 4.00. The van der Waals surface area contributed by atoms with Crippen LogP contribution in [0.4, 0.5) is 21.0 Å². The van der Waals surface area contributed by atoms with E-state index in [0.29, 0.717) is 47.8 Å². The van der Waals surface area contributed by atoms with E-state index in [2.05, 4.69) is 21.3 Å². The molecule has 0 spiro atoms. The Morgan fingerprint density at radius 1 is 0.812 bits per heavy atom. The van der Waals surface area contributed by atoms with Gasteiger partial charge in [0, 0.05) is 36.6 Å². The highest BCUT2D eigenvalue weighted by Gasteiger charge is 2.23. The van der Waals surface area contributed by atoms with Crippen molar-refractivity contribution in [2.45, 2.75) is 25.7 Å². The Balaban J connectivity index is 1.38. The average molecular weight is 441 g/mol. The van der Waals surface area contributed by atoms with Crippen molar-refractivity contribution in [3.8, 4) is 11.5 Å². The smallest absolute Gasteiger partial charge is 0.319 e. The molecule has 0 aromatic heterocycles. The van der Waals surface area contributed by atoms with E-state index >= 15 is 0 Å². The van der Waals surface area contributed by atoms with Crippen molar-refractivity contribution in [1.82, 2.24) is 10.6 Å². The van der Waals surface area contributed by atoms with Gasteiger partial charge in [0.1, 0.15) is 11.5 Å². The summed E-state index contributed by atoms with van der Waals surface area (Å²) in [5.41, 5.74) is 1.38. The third-order valence-corrected chi connectivity index (χ3v) is 5.65. The number of ether oxygens (including phenoxy) is 2. The summed E-state index contributed by atoms with van der Waals surface area (Å²) in [7, 11) is 3.19. The lowest BCUT2D eigenvalue weighted by Crippen LogP contribution is -2.38. The summed E-state index contributed by atoms with van der Waals surface area (Å²) in [6.07, 6.45) is 4.21. The first kappa shape index (κ1) is 23.2. The van der Waals surface area contributed by atoms with Gasteiger partial charge in [-0.15, -0.1) is 0 Å². The average Bonchev–Trinajstić information content (AvgIpc) is 2.82. The van der Waals surface area contributed by atoms with E-state index in [0.717, 1.165) is 25.7 Å². The Hall–Kier alpha value is -3.42. The zero-order chi connectivity index (χ0) is 22.8. The van der Waals surface area contributed by atoms with Gasteiger partial charge in [-0.1, -0.05) is 18.6 Å². The van der Waals surface area contributed by atoms with Gasteiger partial charge in [0.05, 0.1) is 14.2 Å². The van der Waals surface area contributed by atoms with Crippen LogP contribution in [0.25, 0.3) is 0 Å². The number of amides is 4. The standard InChI is InChI=1S/C24H32N4O4/c1-31-21-10-4-8-19(13-21)27-23(29)25-15-17-6-3-7-18(12-17)16-26-24(30)28-20-9-5-11-22(14-20)32-2/h4-5,8-11,13-14,17-18H,3,6-7,12,15-16H2,1-2H3,(H2,25,27,29)(H2,26,28,30)/t17-,18+. The van der Waals surface area contributed by atoms with Gasteiger partial charge in [-0.2, -0.15) is 0 Å². The fraction of sp³-hybridized carbons (Fsp3) is 0.417. The lowest BCUT2D eigenvalue weighted by molar-refractivity contribution is 0.230. The Morgan fingerprint density at radius 3 is 1.72 bits per heavy atom. The van der Waals surface area contributed by atoms with Crippen LogP contribution in [-0.2, 0) is 0 Å². The number of methoxy groups -OCH3 is 2. The van der Waals surface area contributed by atoms with Crippen LogP contribution >= 0.6 is 0 Å². The minimum Gasteiger partial charge on any atom is -0.497 e. The molecule has 172 valence electrons. The van der Waals surface area contributed by atoms with Gasteiger partial charge >= 0.3 is 12.1 Å². The summed E-state index contributed by atoms with van der Waals surface area (Å²) in [4.78, 5) is 24.5. The lowest BCUT2D eigenvalue weighted by atomic mass is 9.81. The maximum absolute atomic E-state index is 12.2. The van der Waals surface area contributed by atoms with Crippen molar-refractivity contribution in [3.63, 3.8) is 0 Å². The van der Waals surface area contributed by atoms with Crippen LogP contribution in [-0.4, -0.2) is 39.4 Å². The predicted molar refractivity (Wildman–Crippen MR) is 125 cm³/mol. The zero-order valence-electron chi connectivity index (χ0n) is 18.6. The summed E-state index contributed by atoms with van der Waals surface area (Å²) >= 11 is 0.